The molecule has 0 saturated heterocycles. The third kappa shape index (κ3) is 6.28. The predicted octanol–water partition coefficient (Wildman–Crippen LogP) is 3.41. The smallest absolute Gasteiger partial charge is 0.206 e. The van der Waals surface area contributed by atoms with Crippen LogP contribution in [0.3, 0.4) is 0 Å². The summed E-state index contributed by atoms with van der Waals surface area (Å²) in [6.07, 6.45) is -1.62. The standard InChI is InChI=1S/C7H10F3S/c1-2-4-11-5-3-6(8)7(9)10/h1-5H2. The fourth-order valence-corrected chi connectivity index (χ4v) is 1.19. The largest absolute Gasteiger partial charge is 0.301 e. The number of hydrogen-bond acceptors (Lipinski definition) is 1. The zero-order chi connectivity index (χ0) is 8.69. The van der Waals surface area contributed by atoms with Gasteiger partial charge in [0.25, 0.3) is 0 Å². The van der Waals surface area contributed by atoms with Crippen molar-refractivity contribution < 1.29 is 13.2 Å². The average molecular weight is 183 g/mol. The second-order valence-electron chi connectivity index (χ2n) is 1.88. The van der Waals surface area contributed by atoms with Crippen LogP contribution in [-0.2, 0) is 0 Å². The van der Waals surface area contributed by atoms with Gasteiger partial charge in [0.05, 0.1) is 0 Å². The fraction of sp³-hybridized carbons (Fsp3) is 0.571. The van der Waals surface area contributed by atoms with Gasteiger partial charge in [0, 0.05) is 6.42 Å². The SMILES string of the molecule is [CH2]CCSCCC(F)=C(F)F. The highest BCUT2D eigenvalue weighted by Crippen LogP contribution is 2.16. The number of thioether (sulfide) groups is 1. The summed E-state index contributed by atoms with van der Waals surface area (Å²) >= 11 is 1.43. The Hall–Kier alpha value is -0.120. The molecule has 0 heterocycles. The maximum absolute atomic E-state index is 12.1. The van der Waals surface area contributed by atoms with Gasteiger partial charge in [-0.25, -0.2) is 4.39 Å². The molecule has 0 bridgehead atoms. The molecule has 0 nitrogen and oxygen atoms in total. The van der Waals surface area contributed by atoms with Crippen LogP contribution < -0.4 is 0 Å². The summed E-state index contributed by atoms with van der Waals surface area (Å²) in [6.45, 7) is 3.56. The Morgan fingerprint density at radius 1 is 1.18 bits per heavy atom. The van der Waals surface area contributed by atoms with E-state index < -0.39 is 11.9 Å². The first kappa shape index (κ1) is 10.9. The summed E-state index contributed by atoms with van der Waals surface area (Å²) in [4.78, 5) is 0. The zero-order valence-electron chi connectivity index (χ0n) is 6.08. The third-order valence-corrected chi connectivity index (χ3v) is 2.03. The minimum atomic E-state index is -2.19. The molecule has 11 heavy (non-hydrogen) atoms. The monoisotopic (exact) mass is 183 g/mol. The Morgan fingerprint density at radius 3 is 2.27 bits per heavy atom. The van der Waals surface area contributed by atoms with E-state index in [1.807, 2.05) is 0 Å². The minimum Gasteiger partial charge on any atom is -0.206 e. The molecule has 0 unspecified atom stereocenters. The van der Waals surface area contributed by atoms with Crippen molar-refractivity contribution in [2.45, 2.75) is 12.8 Å². The summed E-state index contributed by atoms with van der Waals surface area (Å²) < 4.78 is 34.9. The van der Waals surface area contributed by atoms with E-state index in [0.717, 1.165) is 12.2 Å². The van der Waals surface area contributed by atoms with Crippen LogP contribution >= 0.6 is 11.8 Å². The first-order chi connectivity index (χ1) is 5.18. The zero-order valence-corrected chi connectivity index (χ0v) is 6.89. The van der Waals surface area contributed by atoms with Crippen LogP contribution in [0.15, 0.2) is 11.9 Å². The summed E-state index contributed by atoms with van der Waals surface area (Å²) in [6, 6.07) is 0. The highest BCUT2D eigenvalue weighted by Gasteiger charge is 2.03. The molecule has 0 aromatic heterocycles. The molecule has 0 aliphatic heterocycles. The first-order valence-corrected chi connectivity index (χ1v) is 4.40. The predicted molar refractivity (Wildman–Crippen MR) is 42.3 cm³/mol. The lowest BCUT2D eigenvalue weighted by Crippen LogP contribution is -1.84. The van der Waals surface area contributed by atoms with E-state index in [2.05, 4.69) is 6.92 Å². The maximum atomic E-state index is 12.1. The van der Waals surface area contributed by atoms with Gasteiger partial charge in [-0.15, -0.1) is 0 Å². The molecular formula is C7H10F3S. The Balaban J connectivity index is 3.32. The van der Waals surface area contributed by atoms with Crippen molar-refractivity contribution in [2.24, 2.45) is 0 Å². The second-order valence-corrected chi connectivity index (χ2v) is 3.11. The van der Waals surface area contributed by atoms with E-state index in [0.29, 0.717) is 5.75 Å². The molecule has 0 rings (SSSR count). The van der Waals surface area contributed by atoms with Crippen LogP contribution in [0.25, 0.3) is 0 Å². The first-order valence-electron chi connectivity index (χ1n) is 3.25. The van der Waals surface area contributed by atoms with Gasteiger partial charge in [0.2, 0.25) is 0 Å². The van der Waals surface area contributed by atoms with Gasteiger partial charge in [-0.2, -0.15) is 20.5 Å². The minimum absolute atomic E-state index is 0.174. The van der Waals surface area contributed by atoms with E-state index in [1.165, 1.54) is 11.8 Å². The molecule has 1 radical (unpaired) electrons. The molecule has 0 saturated carbocycles. The molecule has 0 amide bonds. The van der Waals surface area contributed by atoms with Crippen molar-refractivity contribution in [2.75, 3.05) is 11.5 Å². The van der Waals surface area contributed by atoms with Gasteiger partial charge >= 0.3 is 6.08 Å². The van der Waals surface area contributed by atoms with Crippen molar-refractivity contribution in [1.82, 2.24) is 0 Å². The van der Waals surface area contributed by atoms with Crippen molar-refractivity contribution in [1.29, 1.82) is 0 Å². The summed E-state index contributed by atoms with van der Waals surface area (Å²) in [5.41, 5.74) is 0. The van der Waals surface area contributed by atoms with Crippen molar-refractivity contribution in [3.05, 3.63) is 18.8 Å². The van der Waals surface area contributed by atoms with Gasteiger partial charge in [0.1, 0.15) is 0 Å². The van der Waals surface area contributed by atoms with Crippen molar-refractivity contribution in [3.8, 4) is 0 Å². The summed E-state index contributed by atoms with van der Waals surface area (Å²) in [7, 11) is 0. The van der Waals surface area contributed by atoms with Gasteiger partial charge < -0.3 is 0 Å². The van der Waals surface area contributed by atoms with Crippen LogP contribution in [0, 0.1) is 6.92 Å². The van der Waals surface area contributed by atoms with Crippen molar-refractivity contribution in [3.63, 3.8) is 0 Å². The van der Waals surface area contributed by atoms with Crippen LogP contribution in [0.2, 0.25) is 0 Å². The van der Waals surface area contributed by atoms with E-state index in [-0.39, 0.29) is 6.42 Å². The highest BCUT2D eigenvalue weighted by atomic mass is 32.2. The van der Waals surface area contributed by atoms with Gasteiger partial charge in [-0.05, 0) is 17.9 Å². The molecule has 65 valence electrons. The lowest BCUT2D eigenvalue weighted by atomic mass is 10.4. The van der Waals surface area contributed by atoms with E-state index >= 15 is 0 Å². The molecule has 0 atom stereocenters. The van der Waals surface area contributed by atoms with Crippen LogP contribution in [0.5, 0.6) is 0 Å². The summed E-state index contributed by atoms with van der Waals surface area (Å²) in [5, 5.41) is 0. The Bertz CT molecular complexity index is 130. The van der Waals surface area contributed by atoms with Crippen LogP contribution in [0.4, 0.5) is 13.2 Å². The van der Waals surface area contributed by atoms with E-state index in [9.17, 15) is 13.2 Å². The molecule has 0 fully saturated rings. The van der Waals surface area contributed by atoms with Gasteiger partial charge in [-0.3, -0.25) is 0 Å². The molecule has 4 heteroatoms. The Labute approximate surface area is 68.9 Å². The van der Waals surface area contributed by atoms with Crippen LogP contribution in [-0.4, -0.2) is 11.5 Å². The topological polar surface area (TPSA) is 0 Å². The number of allylic oxidation sites excluding steroid dienone is 1. The van der Waals surface area contributed by atoms with Crippen molar-refractivity contribution >= 4 is 11.8 Å². The molecule has 0 spiro atoms. The highest BCUT2D eigenvalue weighted by molar-refractivity contribution is 7.99. The molecule has 0 aromatic carbocycles. The number of hydrogen-bond donors (Lipinski definition) is 0. The Kier molecular flexibility index (Phi) is 6.51. The van der Waals surface area contributed by atoms with E-state index in [1.54, 1.807) is 0 Å². The molecule has 0 aliphatic rings. The van der Waals surface area contributed by atoms with Gasteiger partial charge in [0.15, 0.2) is 5.83 Å². The number of halogens is 3. The Morgan fingerprint density at radius 2 is 1.82 bits per heavy atom. The molecular weight excluding hydrogens is 173 g/mol. The maximum Gasteiger partial charge on any atom is 0.301 e. The fourth-order valence-electron chi connectivity index (χ4n) is 0.460. The number of rotatable bonds is 5. The molecule has 0 aliphatic carbocycles. The lowest BCUT2D eigenvalue weighted by Gasteiger charge is -1.95. The van der Waals surface area contributed by atoms with E-state index in [4.69, 9.17) is 0 Å². The van der Waals surface area contributed by atoms with Gasteiger partial charge in [-0.1, -0.05) is 6.92 Å². The van der Waals surface area contributed by atoms with Crippen LogP contribution in [0.1, 0.15) is 12.8 Å². The third-order valence-electron chi connectivity index (χ3n) is 0.960. The quantitative estimate of drug-likeness (QED) is 0.588. The summed E-state index contributed by atoms with van der Waals surface area (Å²) in [5.74, 6) is -0.0959. The lowest BCUT2D eigenvalue weighted by molar-refractivity contribution is 0.373. The normalized spacial score (nSPS) is 9.82. The molecule has 0 aromatic rings. The molecule has 0 N–H and O–H groups in total. The second kappa shape index (κ2) is 6.58. The average Bonchev–Trinajstić information content (AvgIpc) is 1.97.